The van der Waals surface area contributed by atoms with E-state index in [0.717, 1.165) is 0 Å². The van der Waals surface area contributed by atoms with Gasteiger partial charge in [0, 0.05) is 0 Å². The average molecular weight is 330 g/mol. The van der Waals surface area contributed by atoms with Gasteiger partial charge >= 0.3 is 5.97 Å². The van der Waals surface area contributed by atoms with Gasteiger partial charge in [0.2, 0.25) is 17.7 Å². The second kappa shape index (κ2) is 9.78. The highest BCUT2D eigenvalue weighted by molar-refractivity contribution is 5.92. The first kappa shape index (κ1) is 20.8. The van der Waals surface area contributed by atoms with E-state index in [2.05, 4.69) is 16.0 Å². The van der Waals surface area contributed by atoms with Crippen molar-refractivity contribution in [1.82, 2.24) is 16.0 Å². The lowest BCUT2D eigenvalue weighted by atomic mass is 10.0. The van der Waals surface area contributed by atoms with E-state index < -0.39 is 41.8 Å². The van der Waals surface area contributed by atoms with Gasteiger partial charge in [0.05, 0.1) is 12.6 Å². The molecular formula is C14H26N4O5. The Morgan fingerprint density at radius 1 is 1.00 bits per heavy atom. The third kappa shape index (κ3) is 8.77. The number of carboxylic acid groups (broad SMARTS) is 1. The van der Waals surface area contributed by atoms with Gasteiger partial charge < -0.3 is 26.8 Å². The molecule has 0 rings (SSSR count). The van der Waals surface area contributed by atoms with Crippen LogP contribution in [-0.2, 0) is 19.2 Å². The van der Waals surface area contributed by atoms with Crippen molar-refractivity contribution >= 4 is 23.7 Å². The minimum absolute atomic E-state index is 0.139. The molecule has 23 heavy (non-hydrogen) atoms. The van der Waals surface area contributed by atoms with E-state index in [9.17, 15) is 19.2 Å². The number of amides is 3. The summed E-state index contributed by atoms with van der Waals surface area (Å²) in [5, 5.41) is 15.8. The number of nitrogens with one attached hydrogen (secondary N) is 3. The lowest BCUT2D eigenvalue weighted by Crippen LogP contribution is -2.53. The third-order valence-electron chi connectivity index (χ3n) is 2.92. The van der Waals surface area contributed by atoms with Gasteiger partial charge in [-0.15, -0.1) is 0 Å². The van der Waals surface area contributed by atoms with Crippen LogP contribution >= 0.6 is 0 Å². The molecule has 0 spiro atoms. The summed E-state index contributed by atoms with van der Waals surface area (Å²) in [4.78, 5) is 45.9. The fraction of sp³-hybridized carbons (Fsp3) is 0.714. The van der Waals surface area contributed by atoms with Crippen molar-refractivity contribution in [2.75, 3.05) is 6.54 Å². The van der Waals surface area contributed by atoms with Gasteiger partial charge in [0.25, 0.3) is 0 Å². The molecule has 0 saturated heterocycles. The summed E-state index contributed by atoms with van der Waals surface area (Å²) in [6.45, 7) is 6.21. The standard InChI is InChI=1S/C14H26N4O5/c1-7(2)5-10(18-12(20)8(3)15)13(21)16-6-11(19)17-9(4)14(22)23/h7-10H,5-6,15H2,1-4H3,(H,16,21)(H,17,19)(H,18,20)(H,22,23)/t8-,9-,10-/m0/s1. The van der Waals surface area contributed by atoms with Gasteiger partial charge in [0.15, 0.2) is 0 Å². The summed E-state index contributed by atoms with van der Waals surface area (Å²) in [5.41, 5.74) is 5.46. The van der Waals surface area contributed by atoms with Crippen LogP contribution in [0.25, 0.3) is 0 Å². The first-order valence-corrected chi connectivity index (χ1v) is 7.40. The van der Waals surface area contributed by atoms with Gasteiger partial charge in [-0.25, -0.2) is 0 Å². The predicted octanol–water partition coefficient (Wildman–Crippen LogP) is -1.43. The molecule has 9 nitrogen and oxygen atoms in total. The monoisotopic (exact) mass is 330 g/mol. The van der Waals surface area contributed by atoms with Crippen LogP contribution in [0.4, 0.5) is 0 Å². The van der Waals surface area contributed by atoms with Crippen molar-refractivity contribution in [3.05, 3.63) is 0 Å². The van der Waals surface area contributed by atoms with Gasteiger partial charge in [0.1, 0.15) is 12.1 Å². The molecule has 0 unspecified atom stereocenters. The normalized spacial score (nSPS) is 14.5. The summed E-state index contributed by atoms with van der Waals surface area (Å²) in [7, 11) is 0. The summed E-state index contributed by atoms with van der Waals surface area (Å²) in [5.74, 6) is -2.65. The molecule has 132 valence electrons. The Morgan fingerprint density at radius 3 is 2.00 bits per heavy atom. The largest absolute Gasteiger partial charge is 0.480 e. The highest BCUT2D eigenvalue weighted by Gasteiger charge is 2.24. The average Bonchev–Trinajstić information content (AvgIpc) is 2.42. The van der Waals surface area contributed by atoms with Crippen LogP contribution in [0.1, 0.15) is 34.1 Å². The Kier molecular flexibility index (Phi) is 8.86. The predicted molar refractivity (Wildman–Crippen MR) is 83.3 cm³/mol. The van der Waals surface area contributed by atoms with Crippen molar-refractivity contribution in [1.29, 1.82) is 0 Å². The quantitative estimate of drug-likeness (QED) is 0.350. The summed E-state index contributed by atoms with van der Waals surface area (Å²) in [6.07, 6.45) is 0.386. The zero-order valence-corrected chi connectivity index (χ0v) is 13.9. The molecule has 3 atom stereocenters. The number of hydrogen-bond donors (Lipinski definition) is 5. The molecule has 0 aromatic heterocycles. The van der Waals surface area contributed by atoms with Crippen molar-refractivity contribution < 1.29 is 24.3 Å². The second-order valence-corrected chi connectivity index (χ2v) is 5.82. The van der Waals surface area contributed by atoms with Gasteiger partial charge in [-0.2, -0.15) is 0 Å². The number of nitrogens with two attached hydrogens (primary N) is 1. The van der Waals surface area contributed by atoms with Gasteiger partial charge in [-0.3, -0.25) is 19.2 Å². The maximum absolute atomic E-state index is 12.1. The van der Waals surface area contributed by atoms with Gasteiger partial charge in [-0.05, 0) is 26.2 Å². The summed E-state index contributed by atoms with van der Waals surface area (Å²) < 4.78 is 0. The molecule has 0 aromatic rings. The first-order valence-electron chi connectivity index (χ1n) is 7.40. The molecule has 0 saturated carbocycles. The van der Waals surface area contributed by atoms with Crippen LogP contribution in [0.15, 0.2) is 0 Å². The number of carbonyl (C=O) groups is 4. The zero-order chi connectivity index (χ0) is 18.2. The van der Waals surface area contributed by atoms with E-state index >= 15 is 0 Å². The maximum Gasteiger partial charge on any atom is 0.325 e. The van der Waals surface area contributed by atoms with Crippen LogP contribution in [-0.4, -0.2) is 53.5 Å². The highest BCUT2D eigenvalue weighted by Crippen LogP contribution is 2.05. The van der Waals surface area contributed by atoms with Crippen LogP contribution in [0.5, 0.6) is 0 Å². The Bertz CT molecular complexity index is 450. The summed E-state index contributed by atoms with van der Waals surface area (Å²) >= 11 is 0. The number of carbonyl (C=O) groups excluding carboxylic acids is 3. The number of carboxylic acids is 1. The number of aliphatic carboxylic acids is 1. The van der Waals surface area contributed by atoms with E-state index in [1.54, 1.807) is 0 Å². The number of hydrogen-bond acceptors (Lipinski definition) is 5. The van der Waals surface area contributed by atoms with E-state index in [1.165, 1.54) is 13.8 Å². The zero-order valence-electron chi connectivity index (χ0n) is 13.9. The molecule has 0 heterocycles. The molecule has 0 bridgehead atoms. The molecule has 6 N–H and O–H groups in total. The van der Waals surface area contributed by atoms with Crippen molar-refractivity contribution in [3.63, 3.8) is 0 Å². The van der Waals surface area contributed by atoms with E-state index in [0.29, 0.717) is 6.42 Å². The molecule has 3 amide bonds. The Morgan fingerprint density at radius 2 is 1.57 bits per heavy atom. The second-order valence-electron chi connectivity index (χ2n) is 5.82. The fourth-order valence-corrected chi connectivity index (χ4v) is 1.65. The lowest BCUT2D eigenvalue weighted by molar-refractivity contribution is -0.141. The lowest BCUT2D eigenvalue weighted by Gasteiger charge is -2.21. The number of rotatable bonds is 9. The minimum Gasteiger partial charge on any atom is -0.480 e. The van der Waals surface area contributed by atoms with E-state index in [1.807, 2.05) is 13.8 Å². The molecule has 0 aliphatic carbocycles. The molecular weight excluding hydrogens is 304 g/mol. The van der Waals surface area contributed by atoms with Crippen molar-refractivity contribution in [2.45, 2.75) is 52.2 Å². The van der Waals surface area contributed by atoms with Gasteiger partial charge in [-0.1, -0.05) is 13.8 Å². The Hall–Kier alpha value is -2.16. The van der Waals surface area contributed by atoms with Crippen molar-refractivity contribution in [2.24, 2.45) is 11.7 Å². The molecule has 0 aliphatic rings. The van der Waals surface area contributed by atoms with Crippen molar-refractivity contribution in [3.8, 4) is 0 Å². The van der Waals surface area contributed by atoms with E-state index in [-0.39, 0.29) is 12.5 Å². The maximum atomic E-state index is 12.1. The molecule has 0 radical (unpaired) electrons. The third-order valence-corrected chi connectivity index (χ3v) is 2.92. The smallest absolute Gasteiger partial charge is 0.325 e. The van der Waals surface area contributed by atoms with Crippen LogP contribution < -0.4 is 21.7 Å². The molecule has 0 fully saturated rings. The summed E-state index contributed by atoms with van der Waals surface area (Å²) in [6, 6.07) is -2.61. The fourth-order valence-electron chi connectivity index (χ4n) is 1.65. The van der Waals surface area contributed by atoms with Crippen LogP contribution in [0.2, 0.25) is 0 Å². The van der Waals surface area contributed by atoms with Crippen LogP contribution in [0, 0.1) is 5.92 Å². The minimum atomic E-state index is -1.17. The highest BCUT2D eigenvalue weighted by atomic mass is 16.4. The SMILES string of the molecule is CC(C)C[C@H](NC(=O)[C@H](C)N)C(=O)NCC(=O)N[C@@H](C)C(=O)O. The van der Waals surface area contributed by atoms with Crippen LogP contribution in [0.3, 0.4) is 0 Å². The first-order chi connectivity index (χ1) is 10.5. The topological polar surface area (TPSA) is 151 Å². The molecule has 0 aromatic carbocycles. The van der Waals surface area contributed by atoms with E-state index in [4.69, 9.17) is 10.8 Å². The molecule has 9 heteroatoms. The Balaban J connectivity index is 4.56. The molecule has 0 aliphatic heterocycles. The Labute approximate surface area is 135 Å².